The number of nitrogens with zero attached hydrogens (tertiary/aromatic N) is 2. The normalized spacial score (nSPS) is 14.3. The molecule has 1 N–H and O–H groups in total. The molecular weight excluding hydrogens is 258 g/mol. The van der Waals surface area contributed by atoms with Gasteiger partial charge in [-0.25, -0.2) is 4.79 Å². The number of aryl methyl sites for hydroxylation is 1. The number of fused-ring (bicyclic) bond motifs is 1. The number of aromatic nitrogens is 2. The minimum Gasteiger partial charge on any atom is -0.343 e. The number of likely N-dealkylation sites (tertiary alicyclic amines) is 1. The third-order valence-corrected chi connectivity index (χ3v) is 3.66. The zero-order valence-electron chi connectivity index (χ0n) is 11.0. The molecule has 0 radical (unpaired) electrons. The number of aromatic amines is 1. The van der Waals surface area contributed by atoms with Gasteiger partial charge in [0.25, 0.3) is 5.56 Å². The lowest BCUT2D eigenvalue weighted by atomic mass is 10.2. The number of para-hydroxylation sites is 1. The summed E-state index contributed by atoms with van der Waals surface area (Å²) in [5, 5.41) is 0.462. The van der Waals surface area contributed by atoms with Crippen LogP contribution in [0.2, 0.25) is 0 Å². The van der Waals surface area contributed by atoms with Crippen LogP contribution in [-0.4, -0.2) is 33.4 Å². The van der Waals surface area contributed by atoms with Crippen LogP contribution >= 0.6 is 0 Å². The van der Waals surface area contributed by atoms with Gasteiger partial charge in [0.1, 0.15) is 0 Å². The third kappa shape index (κ3) is 2.13. The molecule has 1 aliphatic rings. The Hall–Kier alpha value is -2.37. The van der Waals surface area contributed by atoms with Crippen LogP contribution in [0.4, 0.5) is 0 Å². The Morgan fingerprint density at radius 1 is 1.20 bits per heavy atom. The second kappa shape index (κ2) is 4.96. The molecule has 2 heterocycles. The molecule has 0 bridgehead atoms. The van der Waals surface area contributed by atoms with Crippen molar-refractivity contribution in [2.45, 2.75) is 19.4 Å². The van der Waals surface area contributed by atoms with E-state index in [1.54, 1.807) is 29.2 Å². The van der Waals surface area contributed by atoms with Crippen molar-refractivity contribution in [2.75, 3.05) is 13.1 Å². The molecule has 2 aromatic rings. The second-order valence-electron chi connectivity index (χ2n) is 4.91. The van der Waals surface area contributed by atoms with Crippen molar-refractivity contribution in [2.24, 2.45) is 0 Å². The zero-order valence-corrected chi connectivity index (χ0v) is 11.0. The van der Waals surface area contributed by atoms with E-state index in [-0.39, 0.29) is 18.9 Å². The van der Waals surface area contributed by atoms with E-state index in [9.17, 15) is 14.4 Å². The fraction of sp³-hybridized carbons (Fsp3) is 0.357. The molecule has 1 amide bonds. The molecule has 0 unspecified atom stereocenters. The average Bonchev–Trinajstić information content (AvgIpc) is 2.36. The van der Waals surface area contributed by atoms with E-state index < -0.39 is 11.2 Å². The summed E-state index contributed by atoms with van der Waals surface area (Å²) in [7, 11) is 0. The first-order chi connectivity index (χ1) is 9.66. The van der Waals surface area contributed by atoms with Crippen LogP contribution in [-0.2, 0) is 11.3 Å². The molecule has 0 aliphatic carbocycles. The van der Waals surface area contributed by atoms with Gasteiger partial charge in [-0.15, -0.1) is 0 Å². The first-order valence-electron chi connectivity index (χ1n) is 6.66. The van der Waals surface area contributed by atoms with E-state index in [1.165, 1.54) is 4.57 Å². The Morgan fingerprint density at radius 2 is 1.95 bits per heavy atom. The smallest absolute Gasteiger partial charge is 0.328 e. The number of carbonyl (C=O) groups excluding carboxylic acids is 1. The summed E-state index contributed by atoms with van der Waals surface area (Å²) in [5.41, 5.74) is -0.293. The number of hydrogen-bond acceptors (Lipinski definition) is 3. The monoisotopic (exact) mass is 273 g/mol. The van der Waals surface area contributed by atoms with Crippen LogP contribution in [0.3, 0.4) is 0 Å². The van der Waals surface area contributed by atoms with E-state index in [0.29, 0.717) is 10.9 Å². The summed E-state index contributed by atoms with van der Waals surface area (Å²) in [6.45, 7) is 1.89. The van der Waals surface area contributed by atoms with Crippen molar-refractivity contribution in [3.8, 4) is 0 Å². The van der Waals surface area contributed by atoms with Crippen LogP contribution in [0.5, 0.6) is 0 Å². The van der Waals surface area contributed by atoms with E-state index in [2.05, 4.69) is 4.98 Å². The van der Waals surface area contributed by atoms with Gasteiger partial charge in [0.15, 0.2) is 0 Å². The fourth-order valence-corrected chi connectivity index (χ4v) is 2.40. The maximum Gasteiger partial charge on any atom is 0.328 e. The van der Waals surface area contributed by atoms with Crippen molar-refractivity contribution in [1.29, 1.82) is 0 Å². The molecule has 6 heteroatoms. The first-order valence-corrected chi connectivity index (χ1v) is 6.66. The Labute approximate surface area is 114 Å². The van der Waals surface area contributed by atoms with Crippen molar-refractivity contribution in [1.82, 2.24) is 14.5 Å². The maximum absolute atomic E-state index is 11.9. The lowest BCUT2D eigenvalue weighted by Crippen LogP contribution is -2.42. The molecule has 6 nitrogen and oxygen atoms in total. The maximum atomic E-state index is 11.9. The van der Waals surface area contributed by atoms with Gasteiger partial charge in [-0.2, -0.15) is 0 Å². The van der Waals surface area contributed by atoms with E-state index in [4.69, 9.17) is 0 Å². The van der Waals surface area contributed by atoms with Gasteiger partial charge in [0.2, 0.25) is 5.91 Å². The standard InChI is InChI=1S/C14H15N3O3/c18-12(16-7-3-8-16)6-9-17-11-5-2-1-4-10(11)13(19)15-14(17)20/h1-2,4-5H,3,6-9H2,(H,15,19,20). The predicted molar refractivity (Wildman–Crippen MR) is 74.6 cm³/mol. The number of carbonyl (C=O) groups is 1. The average molecular weight is 273 g/mol. The Balaban J connectivity index is 1.92. The van der Waals surface area contributed by atoms with Gasteiger partial charge < -0.3 is 4.90 Å². The second-order valence-corrected chi connectivity index (χ2v) is 4.91. The highest BCUT2D eigenvalue weighted by atomic mass is 16.2. The van der Waals surface area contributed by atoms with Crippen molar-refractivity contribution < 1.29 is 4.79 Å². The number of rotatable bonds is 3. The molecule has 1 aliphatic heterocycles. The minimum atomic E-state index is -0.467. The Bertz CT molecular complexity index is 771. The van der Waals surface area contributed by atoms with Gasteiger partial charge in [-0.1, -0.05) is 12.1 Å². The molecule has 1 aromatic heterocycles. The van der Waals surface area contributed by atoms with Crippen LogP contribution in [0, 0.1) is 0 Å². The SMILES string of the molecule is O=C(CCn1c(=O)[nH]c(=O)c2ccccc21)N1CCC1. The number of hydrogen-bond donors (Lipinski definition) is 1. The van der Waals surface area contributed by atoms with Gasteiger partial charge in [-0.05, 0) is 18.6 Å². The van der Waals surface area contributed by atoms with Crippen LogP contribution in [0.1, 0.15) is 12.8 Å². The lowest BCUT2D eigenvalue weighted by molar-refractivity contribution is -0.134. The van der Waals surface area contributed by atoms with Crippen LogP contribution < -0.4 is 11.2 Å². The molecule has 1 saturated heterocycles. The highest BCUT2D eigenvalue weighted by Gasteiger charge is 2.20. The summed E-state index contributed by atoms with van der Waals surface area (Å²) < 4.78 is 1.45. The molecule has 104 valence electrons. The molecule has 0 spiro atoms. The van der Waals surface area contributed by atoms with E-state index in [1.807, 2.05) is 0 Å². The molecule has 1 fully saturated rings. The molecule has 20 heavy (non-hydrogen) atoms. The number of nitrogens with one attached hydrogen (secondary N) is 1. The summed E-state index contributed by atoms with van der Waals surface area (Å²) in [6.07, 6.45) is 1.32. The van der Waals surface area contributed by atoms with Gasteiger partial charge in [0.05, 0.1) is 10.9 Å². The zero-order chi connectivity index (χ0) is 14.1. The van der Waals surface area contributed by atoms with Crippen LogP contribution in [0.15, 0.2) is 33.9 Å². The highest BCUT2D eigenvalue weighted by Crippen LogP contribution is 2.10. The van der Waals surface area contributed by atoms with Gasteiger partial charge >= 0.3 is 5.69 Å². The van der Waals surface area contributed by atoms with Crippen molar-refractivity contribution in [3.63, 3.8) is 0 Å². The molecule has 0 saturated carbocycles. The molecule has 0 atom stereocenters. The predicted octanol–water partition coefficient (Wildman–Crippen LogP) is 0.312. The highest BCUT2D eigenvalue weighted by molar-refractivity contribution is 5.79. The third-order valence-electron chi connectivity index (χ3n) is 3.66. The number of H-pyrrole nitrogens is 1. The quantitative estimate of drug-likeness (QED) is 0.874. The van der Waals surface area contributed by atoms with E-state index in [0.717, 1.165) is 19.5 Å². The summed E-state index contributed by atoms with van der Waals surface area (Å²) >= 11 is 0. The van der Waals surface area contributed by atoms with Crippen molar-refractivity contribution >= 4 is 16.8 Å². The summed E-state index contributed by atoms with van der Waals surface area (Å²) in [5.74, 6) is 0.0541. The Kier molecular flexibility index (Phi) is 3.14. The topological polar surface area (TPSA) is 75.2 Å². The largest absolute Gasteiger partial charge is 0.343 e. The fourth-order valence-electron chi connectivity index (χ4n) is 2.40. The molecular formula is C14H15N3O3. The van der Waals surface area contributed by atoms with Crippen LogP contribution in [0.25, 0.3) is 10.9 Å². The first kappa shape index (κ1) is 12.7. The van der Waals surface area contributed by atoms with Gasteiger partial charge in [-0.3, -0.25) is 19.1 Å². The number of amides is 1. The van der Waals surface area contributed by atoms with E-state index >= 15 is 0 Å². The Morgan fingerprint density at radius 3 is 2.65 bits per heavy atom. The van der Waals surface area contributed by atoms with Gasteiger partial charge in [0, 0.05) is 26.1 Å². The van der Waals surface area contributed by atoms with Crippen molar-refractivity contribution in [3.05, 3.63) is 45.1 Å². The minimum absolute atomic E-state index is 0.0541. The summed E-state index contributed by atoms with van der Waals surface area (Å²) in [4.78, 5) is 39.5. The molecule has 3 rings (SSSR count). The summed E-state index contributed by atoms with van der Waals surface area (Å²) in [6, 6.07) is 6.91. The lowest BCUT2D eigenvalue weighted by Gasteiger charge is -2.31. The number of benzene rings is 1. The molecule has 1 aromatic carbocycles.